The Bertz CT molecular complexity index is 1160. The third kappa shape index (κ3) is 3.49. The Kier molecular flexibility index (Phi) is 4.72. The first-order chi connectivity index (χ1) is 14.2. The molecule has 1 fully saturated rings. The lowest BCUT2D eigenvalue weighted by Crippen LogP contribution is -2.09. The number of fused-ring (bicyclic) bond motifs is 1. The number of rotatable bonds is 7. The summed E-state index contributed by atoms with van der Waals surface area (Å²) >= 11 is 1.33. The Labute approximate surface area is 172 Å². The van der Waals surface area contributed by atoms with Gasteiger partial charge in [0, 0.05) is 28.6 Å². The maximum absolute atomic E-state index is 13.6. The molecule has 1 aliphatic rings. The molecule has 2 heterocycles. The third-order valence-electron chi connectivity index (χ3n) is 5.36. The summed E-state index contributed by atoms with van der Waals surface area (Å²) in [6.07, 6.45) is 4.94. The first kappa shape index (κ1) is 18.2. The van der Waals surface area contributed by atoms with Crippen LogP contribution in [0.25, 0.3) is 10.9 Å². The summed E-state index contributed by atoms with van der Waals surface area (Å²) in [5, 5.41) is 9.30. The van der Waals surface area contributed by atoms with E-state index in [4.69, 9.17) is 4.42 Å². The number of thioether (sulfide) groups is 1. The number of hydrogen-bond donors (Lipinski definition) is 1. The SMILES string of the molecule is CCc1cccc2c(C(=O)[C@@H](Sc3nnc(C4CC4)o3)c3ccccc3)c[nH]c12. The van der Waals surface area contributed by atoms with E-state index in [-0.39, 0.29) is 5.78 Å². The van der Waals surface area contributed by atoms with Crippen LogP contribution in [0.2, 0.25) is 0 Å². The zero-order valence-electron chi connectivity index (χ0n) is 16.1. The molecule has 1 atom stereocenters. The number of hydrogen-bond acceptors (Lipinski definition) is 5. The van der Waals surface area contributed by atoms with E-state index >= 15 is 0 Å². The van der Waals surface area contributed by atoms with Gasteiger partial charge in [0.25, 0.3) is 5.22 Å². The molecule has 1 saturated carbocycles. The molecular weight excluding hydrogens is 382 g/mol. The number of aromatic nitrogens is 3. The minimum atomic E-state index is -0.451. The quantitative estimate of drug-likeness (QED) is 0.316. The summed E-state index contributed by atoms with van der Waals surface area (Å²) in [5.74, 6) is 1.11. The molecule has 6 heteroatoms. The van der Waals surface area contributed by atoms with Gasteiger partial charge in [0.15, 0.2) is 5.78 Å². The van der Waals surface area contributed by atoms with E-state index in [1.165, 1.54) is 17.3 Å². The number of nitrogens with one attached hydrogen (secondary N) is 1. The summed E-state index contributed by atoms with van der Waals surface area (Å²) in [5.41, 5.74) is 3.86. The minimum Gasteiger partial charge on any atom is -0.416 e. The Hall–Kier alpha value is -2.86. The van der Waals surface area contributed by atoms with Crippen LogP contribution in [0.5, 0.6) is 0 Å². The Morgan fingerprint density at radius 1 is 1.17 bits per heavy atom. The molecule has 0 spiro atoms. The second-order valence-electron chi connectivity index (χ2n) is 7.35. The second kappa shape index (κ2) is 7.52. The van der Waals surface area contributed by atoms with Gasteiger partial charge in [-0.3, -0.25) is 4.79 Å². The molecule has 5 rings (SSSR count). The zero-order valence-corrected chi connectivity index (χ0v) is 16.9. The highest BCUT2D eigenvalue weighted by molar-refractivity contribution is 8.00. The molecule has 0 bridgehead atoms. The van der Waals surface area contributed by atoms with Crippen molar-refractivity contribution in [1.29, 1.82) is 0 Å². The molecule has 2 aromatic heterocycles. The van der Waals surface area contributed by atoms with Crippen LogP contribution in [0.15, 0.2) is 64.4 Å². The minimum absolute atomic E-state index is 0.0341. The number of carbonyl (C=O) groups is 1. The van der Waals surface area contributed by atoms with Crippen molar-refractivity contribution in [3.05, 3.63) is 77.3 Å². The average molecular weight is 404 g/mol. The Balaban J connectivity index is 1.52. The van der Waals surface area contributed by atoms with E-state index in [1.54, 1.807) is 0 Å². The fourth-order valence-electron chi connectivity index (χ4n) is 3.62. The number of aryl methyl sites for hydroxylation is 1. The predicted octanol–water partition coefficient (Wildman–Crippen LogP) is 5.71. The summed E-state index contributed by atoms with van der Waals surface area (Å²) in [6.45, 7) is 2.12. The number of ketones is 1. The van der Waals surface area contributed by atoms with Crippen molar-refractivity contribution in [2.24, 2.45) is 0 Å². The highest BCUT2D eigenvalue weighted by Gasteiger charge is 2.32. The summed E-state index contributed by atoms with van der Waals surface area (Å²) in [7, 11) is 0. The highest BCUT2D eigenvalue weighted by Crippen LogP contribution is 2.43. The van der Waals surface area contributed by atoms with E-state index in [9.17, 15) is 4.79 Å². The fraction of sp³-hybridized carbons (Fsp3) is 0.261. The zero-order chi connectivity index (χ0) is 19.8. The van der Waals surface area contributed by atoms with E-state index in [0.717, 1.165) is 35.7 Å². The summed E-state index contributed by atoms with van der Waals surface area (Å²) in [6, 6.07) is 15.9. The van der Waals surface area contributed by atoms with E-state index in [2.05, 4.69) is 28.2 Å². The molecule has 0 unspecified atom stereocenters. The second-order valence-corrected chi connectivity index (χ2v) is 8.41. The lowest BCUT2D eigenvalue weighted by Gasteiger charge is -2.13. The van der Waals surface area contributed by atoms with Crippen LogP contribution in [-0.4, -0.2) is 21.0 Å². The average Bonchev–Trinajstić information content (AvgIpc) is 3.35. The first-order valence-corrected chi connectivity index (χ1v) is 10.8. The normalized spacial score (nSPS) is 14.9. The van der Waals surface area contributed by atoms with Gasteiger partial charge in [-0.05, 0) is 42.2 Å². The van der Waals surface area contributed by atoms with Gasteiger partial charge in [0.2, 0.25) is 5.89 Å². The predicted molar refractivity (Wildman–Crippen MR) is 113 cm³/mol. The van der Waals surface area contributed by atoms with Gasteiger partial charge >= 0.3 is 0 Å². The molecule has 4 aromatic rings. The van der Waals surface area contributed by atoms with Crippen molar-refractivity contribution in [2.75, 3.05) is 0 Å². The number of benzene rings is 2. The molecule has 0 amide bonds. The smallest absolute Gasteiger partial charge is 0.277 e. The van der Waals surface area contributed by atoms with Gasteiger partial charge in [-0.1, -0.05) is 55.5 Å². The van der Waals surface area contributed by atoms with Crippen molar-refractivity contribution in [3.63, 3.8) is 0 Å². The van der Waals surface area contributed by atoms with Crippen molar-refractivity contribution in [3.8, 4) is 0 Å². The largest absolute Gasteiger partial charge is 0.416 e. The van der Waals surface area contributed by atoms with Crippen molar-refractivity contribution < 1.29 is 9.21 Å². The third-order valence-corrected chi connectivity index (χ3v) is 6.44. The molecule has 29 heavy (non-hydrogen) atoms. The van der Waals surface area contributed by atoms with Crippen LogP contribution < -0.4 is 0 Å². The maximum Gasteiger partial charge on any atom is 0.277 e. The fourth-order valence-corrected chi connectivity index (χ4v) is 4.57. The molecule has 1 N–H and O–H groups in total. The molecule has 0 aliphatic heterocycles. The standard InChI is InChI=1S/C23H21N3O2S/c1-2-14-9-6-10-17-18(13-24-19(14)17)20(27)21(15-7-4-3-5-8-15)29-23-26-25-22(28-23)16-11-12-16/h3-10,13,16,21,24H,2,11-12H2,1H3/t21-/m0/s1. The summed E-state index contributed by atoms with van der Waals surface area (Å²) < 4.78 is 5.83. The van der Waals surface area contributed by atoms with Crippen molar-refractivity contribution in [1.82, 2.24) is 15.2 Å². The highest BCUT2D eigenvalue weighted by atomic mass is 32.2. The number of Topliss-reactive ketones (excluding diaryl/α,β-unsaturated/α-hetero) is 1. The lowest BCUT2D eigenvalue weighted by atomic mass is 10.0. The van der Waals surface area contributed by atoms with Crippen LogP contribution in [0.3, 0.4) is 0 Å². The van der Waals surface area contributed by atoms with Gasteiger partial charge in [-0.15, -0.1) is 10.2 Å². The van der Waals surface area contributed by atoms with E-state index in [1.807, 2.05) is 48.7 Å². The monoisotopic (exact) mass is 403 g/mol. The first-order valence-electron chi connectivity index (χ1n) is 9.92. The van der Waals surface area contributed by atoms with Crippen LogP contribution >= 0.6 is 11.8 Å². The van der Waals surface area contributed by atoms with Gasteiger partial charge < -0.3 is 9.40 Å². The van der Waals surface area contributed by atoms with Crippen molar-refractivity contribution >= 4 is 28.4 Å². The lowest BCUT2D eigenvalue weighted by molar-refractivity contribution is 0.0990. The number of carbonyl (C=O) groups excluding carboxylic acids is 1. The van der Waals surface area contributed by atoms with Crippen LogP contribution in [0.1, 0.15) is 58.3 Å². The van der Waals surface area contributed by atoms with Crippen molar-refractivity contribution in [2.45, 2.75) is 42.6 Å². The van der Waals surface area contributed by atoms with Crippen LogP contribution in [0.4, 0.5) is 0 Å². The molecule has 0 radical (unpaired) electrons. The molecule has 2 aromatic carbocycles. The number of para-hydroxylation sites is 1. The molecular formula is C23H21N3O2S. The summed E-state index contributed by atoms with van der Waals surface area (Å²) in [4.78, 5) is 17.0. The van der Waals surface area contributed by atoms with Gasteiger partial charge in [-0.2, -0.15) is 0 Å². The molecule has 1 aliphatic carbocycles. The van der Waals surface area contributed by atoms with E-state index in [0.29, 0.717) is 22.6 Å². The van der Waals surface area contributed by atoms with Crippen LogP contribution in [-0.2, 0) is 6.42 Å². The van der Waals surface area contributed by atoms with Crippen LogP contribution in [0, 0.1) is 0 Å². The Morgan fingerprint density at radius 3 is 2.76 bits per heavy atom. The van der Waals surface area contributed by atoms with Gasteiger partial charge in [0.05, 0.1) is 0 Å². The Morgan fingerprint density at radius 2 is 2.00 bits per heavy atom. The number of H-pyrrole nitrogens is 1. The number of aromatic amines is 1. The molecule has 0 saturated heterocycles. The maximum atomic E-state index is 13.6. The molecule has 5 nitrogen and oxygen atoms in total. The number of nitrogens with zero attached hydrogens (tertiary/aromatic N) is 2. The molecule has 146 valence electrons. The topological polar surface area (TPSA) is 71.8 Å². The van der Waals surface area contributed by atoms with Gasteiger partial charge in [0.1, 0.15) is 5.25 Å². The van der Waals surface area contributed by atoms with E-state index < -0.39 is 5.25 Å². The van der Waals surface area contributed by atoms with Gasteiger partial charge in [-0.25, -0.2) is 0 Å².